The minimum atomic E-state index is -0.605. The largest absolute Gasteiger partial charge is 0.395 e. The van der Waals surface area contributed by atoms with Crippen molar-refractivity contribution in [2.75, 3.05) is 24.6 Å². The third-order valence-corrected chi connectivity index (χ3v) is 6.06. The van der Waals surface area contributed by atoms with Crippen LogP contribution in [0, 0.1) is 25.6 Å². The van der Waals surface area contributed by atoms with Gasteiger partial charge in [0.25, 0.3) is 5.56 Å². The van der Waals surface area contributed by atoms with Gasteiger partial charge < -0.3 is 15.7 Å². The lowest BCUT2D eigenvalue weighted by atomic mass is 10.0. The van der Waals surface area contributed by atoms with Gasteiger partial charge in [-0.15, -0.1) is 0 Å². The first-order valence-corrected chi connectivity index (χ1v) is 9.44. The van der Waals surface area contributed by atoms with E-state index in [4.69, 9.17) is 5.73 Å². The van der Waals surface area contributed by atoms with E-state index in [1.54, 1.807) is 13.8 Å². The van der Waals surface area contributed by atoms with E-state index in [1.165, 1.54) is 4.40 Å². The Kier molecular flexibility index (Phi) is 4.35. The van der Waals surface area contributed by atoms with Crippen molar-refractivity contribution < 1.29 is 9.50 Å². The van der Waals surface area contributed by atoms with Crippen LogP contribution in [0.1, 0.15) is 42.0 Å². The summed E-state index contributed by atoms with van der Waals surface area (Å²) in [5.74, 6) is -0.251. The van der Waals surface area contributed by atoms with Crippen molar-refractivity contribution in [3.63, 3.8) is 0 Å². The second-order valence-electron chi connectivity index (χ2n) is 7.85. The Labute approximate surface area is 155 Å². The highest BCUT2D eigenvalue weighted by Crippen LogP contribution is 2.42. The van der Waals surface area contributed by atoms with E-state index in [1.807, 2.05) is 4.90 Å². The molecule has 1 saturated carbocycles. The predicted octanol–water partition coefficient (Wildman–Crippen LogP) is 0.767. The van der Waals surface area contributed by atoms with Gasteiger partial charge in [-0.3, -0.25) is 14.2 Å². The summed E-state index contributed by atoms with van der Waals surface area (Å²) in [5.41, 5.74) is 7.36. The number of hydrogen-bond acceptors (Lipinski definition) is 5. The summed E-state index contributed by atoms with van der Waals surface area (Å²) in [6, 6.07) is -0.340. The monoisotopic (exact) mass is 376 g/mol. The van der Waals surface area contributed by atoms with Crippen LogP contribution in [0.15, 0.2) is 9.59 Å². The van der Waals surface area contributed by atoms with Gasteiger partial charge in [0.15, 0.2) is 5.82 Å². The molecule has 1 saturated heterocycles. The molecule has 2 fully saturated rings. The normalized spacial score (nSPS) is 21.2. The molecule has 2 aromatic heterocycles. The lowest BCUT2D eigenvalue weighted by Gasteiger charge is -2.26. The summed E-state index contributed by atoms with van der Waals surface area (Å²) in [7, 11) is 0. The van der Waals surface area contributed by atoms with Crippen molar-refractivity contribution in [3.05, 3.63) is 43.5 Å². The van der Waals surface area contributed by atoms with Gasteiger partial charge in [0.05, 0.1) is 23.5 Å². The Morgan fingerprint density at radius 1 is 1.30 bits per heavy atom. The van der Waals surface area contributed by atoms with Gasteiger partial charge in [-0.2, -0.15) is 0 Å². The molecule has 2 aliphatic rings. The highest BCUT2D eigenvalue weighted by molar-refractivity contribution is 5.73. The van der Waals surface area contributed by atoms with Gasteiger partial charge in [0, 0.05) is 30.3 Å². The van der Waals surface area contributed by atoms with Crippen LogP contribution in [-0.2, 0) is 0 Å². The topological polar surface area (TPSA) is 104 Å². The Morgan fingerprint density at radius 2 is 2.00 bits per heavy atom. The third kappa shape index (κ3) is 2.78. The fourth-order valence-electron chi connectivity index (χ4n) is 4.40. The lowest BCUT2D eigenvalue weighted by molar-refractivity contribution is 0.233. The zero-order chi connectivity index (χ0) is 19.5. The number of hydrogen-bond donors (Lipinski definition) is 3. The van der Waals surface area contributed by atoms with E-state index in [2.05, 4.69) is 4.98 Å². The Hall–Kier alpha value is -2.19. The fraction of sp³-hybridized carbons (Fsp3) is 0.579. The van der Waals surface area contributed by atoms with Gasteiger partial charge in [-0.05, 0) is 44.9 Å². The van der Waals surface area contributed by atoms with Crippen LogP contribution in [0.3, 0.4) is 0 Å². The number of anilines is 1. The number of aryl methyl sites for hydroxylation is 2. The van der Waals surface area contributed by atoms with E-state index in [-0.39, 0.29) is 35.7 Å². The summed E-state index contributed by atoms with van der Waals surface area (Å²) in [5, 5.41) is 9.32. The molecular formula is C19H25FN4O3. The van der Waals surface area contributed by atoms with Crippen molar-refractivity contribution in [1.29, 1.82) is 0 Å². The third-order valence-electron chi connectivity index (χ3n) is 6.06. The van der Waals surface area contributed by atoms with Crippen molar-refractivity contribution in [1.82, 2.24) is 9.38 Å². The van der Waals surface area contributed by atoms with E-state index in [0.29, 0.717) is 35.4 Å². The van der Waals surface area contributed by atoms with Crippen molar-refractivity contribution in [2.45, 2.75) is 45.1 Å². The maximum Gasteiger partial charge on any atom is 0.333 e. The SMILES string of the molecule is Cc1c(N2CCC(C(N)CO)C2)c(F)c(C)n2c(=O)[nH]c(=O)c(C3CC3)c12. The zero-order valence-corrected chi connectivity index (χ0v) is 15.6. The van der Waals surface area contributed by atoms with Crippen LogP contribution in [0.2, 0.25) is 0 Å². The summed E-state index contributed by atoms with van der Waals surface area (Å²) in [4.78, 5) is 29.2. The Morgan fingerprint density at radius 3 is 2.63 bits per heavy atom. The first-order valence-electron chi connectivity index (χ1n) is 9.44. The Bertz CT molecular complexity index is 1020. The maximum absolute atomic E-state index is 15.3. The van der Waals surface area contributed by atoms with Crippen LogP contribution in [-0.4, -0.2) is 40.2 Å². The average Bonchev–Trinajstić information content (AvgIpc) is 3.35. The van der Waals surface area contributed by atoms with E-state index < -0.39 is 11.5 Å². The number of nitrogens with zero attached hydrogens (tertiary/aromatic N) is 2. The molecule has 2 aromatic rings. The number of aliphatic hydroxyl groups excluding tert-OH is 1. The maximum atomic E-state index is 15.3. The molecule has 27 heavy (non-hydrogen) atoms. The second kappa shape index (κ2) is 6.45. The van der Waals surface area contributed by atoms with Crippen LogP contribution in [0.25, 0.3) is 5.52 Å². The number of pyridine rings is 1. The molecule has 146 valence electrons. The minimum Gasteiger partial charge on any atom is -0.395 e. The van der Waals surface area contributed by atoms with Crippen LogP contribution in [0.5, 0.6) is 0 Å². The van der Waals surface area contributed by atoms with Gasteiger partial charge in [0.2, 0.25) is 0 Å². The van der Waals surface area contributed by atoms with Crippen molar-refractivity contribution in [2.24, 2.45) is 11.7 Å². The number of rotatable bonds is 4. The predicted molar refractivity (Wildman–Crippen MR) is 101 cm³/mol. The summed E-state index contributed by atoms with van der Waals surface area (Å²) in [6.07, 6.45) is 2.57. The van der Waals surface area contributed by atoms with E-state index in [0.717, 1.165) is 19.3 Å². The molecule has 3 heterocycles. The molecule has 0 amide bonds. The molecule has 0 spiro atoms. The van der Waals surface area contributed by atoms with E-state index in [9.17, 15) is 14.7 Å². The number of nitrogens with one attached hydrogen (secondary N) is 1. The summed E-state index contributed by atoms with van der Waals surface area (Å²) < 4.78 is 16.6. The first-order chi connectivity index (χ1) is 12.8. The lowest BCUT2D eigenvalue weighted by Crippen LogP contribution is -2.36. The molecule has 0 radical (unpaired) electrons. The number of fused-ring (bicyclic) bond motifs is 1. The molecule has 4 N–H and O–H groups in total. The van der Waals surface area contributed by atoms with Crippen molar-refractivity contribution >= 4 is 11.2 Å². The first kappa shape index (κ1) is 18.2. The quantitative estimate of drug-likeness (QED) is 0.731. The molecular weight excluding hydrogens is 351 g/mol. The number of H-pyrrole nitrogens is 1. The molecule has 0 bridgehead atoms. The van der Waals surface area contributed by atoms with E-state index >= 15 is 4.39 Å². The van der Waals surface area contributed by atoms with Crippen LogP contribution >= 0.6 is 0 Å². The molecule has 7 nitrogen and oxygen atoms in total. The van der Waals surface area contributed by atoms with Crippen molar-refractivity contribution in [3.8, 4) is 0 Å². The second-order valence-corrected chi connectivity index (χ2v) is 7.85. The number of nitrogens with two attached hydrogens (primary N) is 1. The molecule has 8 heteroatoms. The van der Waals surface area contributed by atoms with Crippen LogP contribution in [0.4, 0.5) is 10.1 Å². The zero-order valence-electron chi connectivity index (χ0n) is 15.6. The number of aromatic amines is 1. The average molecular weight is 376 g/mol. The molecule has 0 aromatic carbocycles. The Balaban J connectivity index is 1.94. The van der Waals surface area contributed by atoms with Crippen LogP contribution < -0.4 is 21.9 Å². The standard InChI is InChI=1S/C19H25FN4O3/c1-9-16-14(11-3-4-11)18(26)22-19(27)24(16)10(2)15(20)17(9)23-6-5-12(7-23)13(21)8-25/h11-13,25H,3-8,21H2,1-2H3,(H,22,26,27). The van der Waals surface area contributed by atoms with Gasteiger partial charge in [0.1, 0.15) is 0 Å². The summed E-state index contributed by atoms with van der Waals surface area (Å²) in [6.45, 7) is 4.40. The van der Waals surface area contributed by atoms with Gasteiger partial charge in [-0.25, -0.2) is 9.18 Å². The highest BCUT2D eigenvalue weighted by Gasteiger charge is 2.34. The fourth-order valence-corrected chi connectivity index (χ4v) is 4.40. The van der Waals surface area contributed by atoms with Gasteiger partial charge in [-0.1, -0.05) is 0 Å². The molecule has 4 rings (SSSR count). The number of aliphatic hydroxyl groups is 1. The highest BCUT2D eigenvalue weighted by atomic mass is 19.1. The number of halogens is 1. The number of aromatic nitrogens is 2. The smallest absolute Gasteiger partial charge is 0.333 e. The molecule has 1 aliphatic heterocycles. The minimum absolute atomic E-state index is 0.0783. The molecule has 1 aliphatic carbocycles. The van der Waals surface area contributed by atoms with Gasteiger partial charge >= 0.3 is 5.69 Å². The molecule has 2 unspecified atom stereocenters. The molecule has 2 atom stereocenters. The summed E-state index contributed by atoms with van der Waals surface area (Å²) >= 11 is 0.